The Morgan fingerprint density at radius 3 is 2.45 bits per heavy atom. The molecule has 0 amide bonds. The topological polar surface area (TPSA) is 129 Å². The predicted octanol–water partition coefficient (Wildman–Crippen LogP) is 1.36. The molecule has 1 aliphatic heterocycles. The van der Waals surface area contributed by atoms with Gasteiger partial charge in [-0.1, -0.05) is 20.8 Å². The van der Waals surface area contributed by atoms with E-state index >= 15 is 0 Å². The van der Waals surface area contributed by atoms with Crippen LogP contribution in [-0.4, -0.2) is 70.2 Å². The molecular weight excluding hydrogens is 394 g/mol. The number of aliphatic hydroxyl groups excluding tert-OH is 1. The number of nitrogens with zero attached hydrogens (tertiary/aromatic N) is 4. The molecule has 5 N–H and O–H groups in total. The number of hydrogen-bond acceptors (Lipinski definition) is 9. The zero-order chi connectivity index (χ0) is 22.4. The average molecular weight is 434 g/mol. The maximum Gasteiger partial charge on any atom is 0.224 e. The van der Waals surface area contributed by atoms with Crippen molar-refractivity contribution in [1.29, 1.82) is 0 Å². The Kier molecular flexibility index (Phi) is 8.63. The Morgan fingerprint density at radius 1 is 1.34 bits per heavy atom. The van der Waals surface area contributed by atoms with Crippen LogP contribution in [0.3, 0.4) is 0 Å². The van der Waals surface area contributed by atoms with E-state index in [1.165, 1.54) is 0 Å². The van der Waals surface area contributed by atoms with Crippen molar-refractivity contribution in [1.82, 2.24) is 14.8 Å². The smallest absolute Gasteiger partial charge is 0.224 e. The van der Waals surface area contributed by atoms with Crippen molar-refractivity contribution in [2.75, 3.05) is 59.5 Å². The highest BCUT2D eigenvalue weighted by atomic mass is 32.3. The Bertz CT molecular complexity index is 729. The summed E-state index contributed by atoms with van der Waals surface area (Å²) in [5.74, 6) is 1.29. The lowest BCUT2D eigenvalue weighted by atomic mass is 10.3. The molecule has 29 heavy (non-hydrogen) atoms. The van der Waals surface area contributed by atoms with Gasteiger partial charge in [0.15, 0.2) is 11.6 Å². The SMILES string of the molecule is CC.CCC(OC(C)CO)N1CNc2c(N(CC)NS(C)(C)(C)=O)nc(N)nc21. The molecule has 2 heterocycles. The molecule has 2 rings (SSSR count). The number of fused-ring (bicyclic) bond motifs is 1. The van der Waals surface area contributed by atoms with Crippen molar-refractivity contribution < 1.29 is 14.1 Å². The van der Waals surface area contributed by atoms with E-state index in [2.05, 4.69) is 20.1 Å². The molecule has 0 bridgehead atoms. The second kappa shape index (κ2) is 9.88. The first kappa shape index (κ1) is 25.3. The van der Waals surface area contributed by atoms with E-state index in [4.69, 9.17) is 10.5 Å². The Morgan fingerprint density at radius 2 is 1.97 bits per heavy atom. The van der Waals surface area contributed by atoms with Crippen LogP contribution < -0.4 is 25.8 Å². The average Bonchev–Trinajstić information content (AvgIpc) is 3.07. The first-order chi connectivity index (χ1) is 13.4. The molecule has 0 saturated heterocycles. The Hall–Kier alpha value is -1.69. The molecule has 0 radical (unpaired) electrons. The zero-order valence-electron chi connectivity index (χ0n) is 19.0. The molecule has 0 aromatic carbocycles. The molecule has 1 aromatic rings. The summed E-state index contributed by atoms with van der Waals surface area (Å²) >= 11 is 0. The lowest BCUT2D eigenvalue weighted by Gasteiger charge is -2.37. The van der Waals surface area contributed by atoms with Crippen LogP contribution in [0.4, 0.5) is 23.3 Å². The molecule has 0 fully saturated rings. The van der Waals surface area contributed by atoms with Gasteiger partial charge in [-0.25, -0.2) is 0 Å². The van der Waals surface area contributed by atoms with Crippen molar-refractivity contribution in [3.8, 4) is 0 Å². The van der Waals surface area contributed by atoms with Gasteiger partial charge in [0.2, 0.25) is 5.95 Å². The second-order valence-electron chi connectivity index (χ2n) is 7.66. The number of nitrogens with two attached hydrogens (primary N) is 1. The van der Waals surface area contributed by atoms with E-state index in [-0.39, 0.29) is 24.9 Å². The second-order valence-corrected chi connectivity index (χ2v) is 12.7. The number of aliphatic hydroxyl groups is 1. The van der Waals surface area contributed by atoms with Crippen LogP contribution in [0.15, 0.2) is 0 Å². The number of rotatable bonds is 9. The van der Waals surface area contributed by atoms with Gasteiger partial charge in [-0.3, -0.25) is 9.22 Å². The Balaban J connectivity index is 0.00000204. The van der Waals surface area contributed by atoms with Gasteiger partial charge in [0.1, 0.15) is 11.9 Å². The van der Waals surface area contributed by atoms with Crippen molar-refractivity contribution in [2.24, 2.45) is 0 Å². The number of nitrogens with one attached hydrogen (secondary N) is 2. The summed E-state index contributed by atoms with van der Waals surface area (Å²) in [6.07, 6.45) is 5.14. The molecule has 0 saturated carbocycles. The van der Waals surface area contributed by atoms with E-state index < -0.39 is 9.25 Å². The first-order valence-electron chi connectivity index (χ1n) is 10.0. The number of nitrogen functional groups attached to an aromatic ring is 1. The molecule has 1 aliphatic rings. The molecule has 2 unspecified atom stereocenters. The standard InChI is InChI=1S/C16H33N7O3S.C2H6/c1-7-12(26-11(3)9-24)22-10-18-13-14(22)19-16(17)20-15(13)23(8-2)21-27(4,5,6)25;1-2/h11-12,18,24H,7-10H2,1-6H3,(H,21,25)(H2,17,19,20);1-2H3. The molecule has 1 aromatic heterocycles. The fraction of sp³-hybridized carbons (Fsp3) is 0.778. The molecular formula is C18H39N7O3S. The van der Waals surface area contributed by atoms with Crippen LogP contribution >= 0.6 is 0 Å². The number of hydrogen-bond donors (Lipinski definition) is 4. The van der Waals surface area contributed by atoms with Crippen molar-refractivity contribution in [2.45, 2.75) is 53.4 Å². The fourth-order valence-electron chi connectivity index (χ4n) is 2.83. The predicted molar refractivity (Wildman–Crippen MR) is 123 cm³/mol. The van der Waals surface area contributed by atoms with Crippen molar-refractivity contribution >= 4 is 32.5 Å². The zero-order valence-corrected chi connectivity index (χ0v) is 19.8. The van der Waals surface area contributed by atoms with Crippen LogP contribution in [0, 0.1) is 0 Å². The van der Waals surface area contributed by atoms with E-state index in [1.54, 1.807) is 23.8 Å². The molecule has 10 nitrogen and oxygen atoms in total. The maximum atomic E-state index is 12.8. The van der Waals surface area contributed by atoms with Gasteiger partial charge < -0.3 is 25.8 Å². The van der Waals surface area contributed by atoms with Crippen molar-refractivity contribution in [3.63, 3.8) is 0 Å². The minimum atomic E-state index is -3.03. The number of aromatic nitrogens is 2. The summed E-state index contributed by atoms with van der Waals surface area (Å²) in [5.41, 5.74) is 6.67. The van der Waals surface area contributed by atoms with E-state index in [1.807, 2.05) is 39.5 Å². The monoisotopic (exact) mass is 433 g/mol. The normalized spacial score (nSPS) is 16.6. The minimum absolute atomic E-state index is 0.0608. The van der Waals surface area contributed by atoms with Gasteiger partial charge in [0.25, 0.3) is 0 Å². The maximum absolute atomic E-state index is 12.8. The highest BCUT2D eigenvalue weighted by Crippen LogP contribution is 2.39. The van der Waals surface area contributed by atoms with Gasteiger partial charge in [-0.05, 0) is 29.5 Å². The van der Waals surface area contributed by atoms with E-state index in [0.717, 1.165) is 0 Å². The highest BCUT2D eigenvalue weighted by molar-refractivity contribution is 8.16. The quantitative estimate of drug-likeness (QED) is 0.427. The van der Waals surface area contributed by atoms with Crippen LogP contribution in [0.25, 0.3) is 0 Å². The molecule has 11 heteroatoms. The van der Waals surface area contributed by atoms with Gasteiger partial charge in [0.05, 0.1) is 19.4 Å². The summed E-state index contributed by atoms with van der Waals surface area (Å²) in [5, 5.41) is 14.3. The summed E-state index contributed by atoms with van der Waals surface area (Å²) in [6, 6.07) is 0. The summed E-state index contributed by atoms with van der Waals surface area (Å²) < 4.78 is 18.7. The number of anilines is 4. The lowest BCUT2D eigenvalue weighted by molar-refractivity contribution is -0.0307. The third kappa shape index (κ3) is 6.95. The largest absolute Gasteiger partial charge is 0.394 e. The van der Waals surface area contributed by atoms with Crippen LogP contribution in [0.2, 0.25) is 0 Å². The number of hydrazine groups is 1. The van der Waals surface area contributed by atoms with Gasteiger partial charge in [0, 0.05) is 25.3 Å². The van der Waals surface area contributed by atoms with Crippen LogP contribution in [0.5, 0.6) is 0 Å². The molecule has 0 aliphatic carbocycles. The van der Waals surface area contributed by atoms with E-state index in [9.17, 15) is 9.32 Å². The summed E-state index contributed by atoms with van der Waals surface area (Å²) in [4.78, 5) is 13.8. The molecule has 0 spiro atoms. The third-order valence-corrected chi connectivity index (χ3v) is 4.77. The van der Waals surface area contributed by atoms with Gasteiger partial charge in [-0.2, -0.15) is 14.8 Å². The van der Waals surface area contributed by atoms with Gasteiger partial charge in [-0.15, -0.1) is 0 Å². The van der Waals surface area contributed by atoms with Crippen LogP contribution in [0.1, 0.15) is 41.0 Å². The fourth-order valence-corrected chi connectivity index (χ4v) is 3.79. The molecule has 170 valence electrons. The summed E-state index contributed by atoms with van der Waals surface area (Å²) in [7, 11) is -3.03. The van der Waals surface area contributed by atoms with E-state index in [0.29, 0.717) is 37.0 Å². The first-order valence-corrected chi connectivity index (χ1v) is 13.2. The Labute approximate surface area is 174 Å². The summed E-state index contributed by atoms with van der Waals surface area (Å²) in [6.45, 7) is 10.7. The molecule has 2 atom stereocenters. The van der Waals surface area contributed by atoms with Crippen LogP contribution in [-0.2, 0) is 14.0 Å². The van der Waals surface area contributed by atoms with Crippen molar-refractivity contribution in [3.05, 3.63) is 0 Å². The lowest BCUT2D eigenvalue weighted by Crippen LogP contribution is -2.54. The highest BCUT2D eigenvalue weighted by Gasteiger charge is 2.33. The van der Waals surface area contributed by atoms with Gasteiger partial charge >= 0.3 is 0 Å². The minimum Gasteiger partial charge on any atom is -0.394 e. The number of ether oxygens (including phenoxy) is 1. The third-order valence-electron chi connectivity index (χ3n) is 3.92.